The molecule has 0 unspecified atom stereocenters. The Bertz CT molecular complexity index is 1610. The number of aromatic nitrogens is 4. The third-order valence-electron chi connectivity index (χ3n) is 9.06. The van der Waals surface area contributed by atoms with Gasteiger partial charge in [-0.2, -0.15) is 0 Å². The third kappa shape index (κ3) is 5.74. The van der Waals surface area contributed by atoms with E-state index in [2.05, 4.69) is 98.3 Å². The number of carbonyl (C=O) groups is 1. The van der Waals surface area contributed by atoms with Crippen LogP contribution in [0.1, 0.15) is 63.3 Å². The Labute approximate surface area is 258 Å². The van der Waals surface area contributed by atoms with E-state index >= 15 is 0 Å². The van der Waals surface area contributed by atoms with Crippen LogP contribution in [0, 0.1) is 5.92 Å². The highest BCUT2D eigenvalue weighted by molar-refractivity contribution is 5.90. The molecule has 0 spiro atoms. The van der Waals surface area contributed by atoms with Crippen molar-refractivity contribution in [3.63, 3.8) is 0 Å². The Hall–Kier alpha value is -4.44. The number of hydrogen-bond acceptors (Lipinski definition) is 7. The van der Waals surface area contributed by atoms with E-state index in [1.165, 1.54) is 6.42 Å². The number of likely N-dealkylation sites (tertiary alicyclic amines) is 1. The number of aromatic amines is 2. The molecule has 228 valence electrons. The molecule has 3 aliphatic heterocycles. The Balaban J connectivity index is 1.02. The van der Waals surface area contributed by atoms with Crippen LogP contribution in [0.15, 0.2) is 65.9 Å². The van der Waals surface area contributed by atoms with Crippen molar-refractivity contribution < 1.29 is 4.79 Å². The maximum absolute atomic E-state index is 13.7. The van der Waals surface area contributed by atoms with Crippen LogP contribution in [0.5, 0.6) is 0 Å². The number of imidazole rings is 2. The SMILES string of the molecule is CC(C)[C@@H](NC1=NCCN1)C(=O)N1CCC[C@H]1c1ncc(-c2ccc(-c3ccc(-c4cnc([C@@H]5CCCN5)[nH]4)cc3)cc2)[nH]1. The van der Waals surface area contributed by atoms with E-state index in [9.17, 15) is 4.79 Å². The lowest BCUT2D eigenvalue weighted by Gasteiger charge is -2.30. The lowest BCUT2D eigenvalue weighted by Crippen LogP contribution is -2.53. The van der Waals surface area contributed by atoms with Crippen molar-refractivity contribution >= 4 is 11.9 Å². The van der Waals surface area contributed by atoms with Gasteiger partial charge in [0.25, 0.3) is 0 Å². The van der Waals surface area contributed by atoms with Crippen LogP contribution in [0.4, 0.5) is 0 Å². The maximum Gasteiger partial charge on any atom is 0.246 e. The number of nitrogens with one attached hydrogen (secondary N) is 5. The van der Waals surface area contributed by atoms with Gasteiger partial charge in [-0.3, -0.25) is 9.79 Å². The third-order valence-corrected chi connectivity index (χ3v) is 9.06. The molecule has 5 N–H and O–H groups in total. The van der Waals surface area contributed by atoms with Gasteiger partial charge in [0.1, 0.15) is 17.7 Å². The minimum Gasteiger partial charge on any atom is -0.355 e. The molecule has 3 atom stereocenters. The van der Waals surface area contributed by atoms with Gasteiger partial charge < -0.3 is 30.8 Å². The Morgan fingerprint density at radius 3 is 2.07 bits per heavy atom. The summed E-state index contributed by atoms with van der Waals surface area (Å²) in [5.74, 6) is 2.82. The van der Waals surface area contributed by atoms with E-state index in [1.54, 1.807) is 0 Å². The van der Waals surface area contributed by atoms with Crippen LogP contribution >= 0.6 is 0 Å². The number of nitrogens with zero attached hydrogens (tertiary/aromatic N) is 4. The zero-order chi connectivity index (χ0) is 30.0. The summed E-state index contributed by atoms with van der Waals surface area (Å²) in [5.41, 5.74) is 6.51. The molecule has 3 aliphatic rings. The summed E-state index contributed by atoms with van der Waals surface area (Å²) in [6.45, 7) is 7.48. The van der Waals surface area contributed by atoms with Crippen LogP contribution < -0.4 is 16.0 Å². The van der Waals surface area contributed by atoms with Crippen LogP contribution in [0.2, 0.25) is 0 Å². The summed E-state index contributed by atoms with van der Waals surface area (Å²) in [4.78, 5) is 36.5. The topological polar surface area (TPSA) is 126 Å². The Morgan fingerprint density at radius 2 is 1.48 bits per heavy atom. The molecule has 7 rings (SSSR count). The lowest BCUT2D eigenvalue weighted by atomic mass is 10.0. The summed E-state index contributed by atoms with van der Waals surface area (Å²) in [7, 11) is 0. The number of guanidine groups is 1. The highest BCUT2D eigenvalue weighted by Gasteiger charge is 2.37. The first-order chi connectivity index (χ1) is 21.5. The van der Waals surface area contributed by atoms with E-state index < -0.39 is 0 Å². The minimum absolute atomic E-state index is 0.0593. The number of benzene rings is 2. The molecule has 5 heterocycles. The molecule has 10 heteroatoms. The summed E-state index contributed by atoms with van der Waals surface area (Å²) < 4.78 is 0. The zero-order valence-corrected chi connectivity index (χ0v) is 25.4. The molecular formula is C34H41N9O. The fourth-order valence-corrected chi connectivity index (χ4v) is 6.56. The van der Waals surface area contributed by atoms with E-state index in [0.717, 1.165) is 96.7 Å². The second-order valence-corrected chi connectivity index (χ2v) is 12.4. The fourth-order valence-electron chi connectivity index (χ4n) is 6.56. The van der Waals surface area contributed by atoms with Gasteiger partial charge in [-0.1, -0.05) is 62.4 Å². The summed E-state index contributed by atoms with van der Waals surface area (Å²) >= 11 is 0. The molecule has 2 saturated heterocycles. The number of carbonyl (C=O) groups excluding carboxylic acids is 1. The van der Waals surface area contributed by atoms with E-state index in [1.807, 2.05) is 17.3 Å². The number of hydrogen-bond donors (Lipinski definition) is 5. The minimum atomic E-state index is -0.331. The molecule has 2 aromatic carbocycles. The smallest absolute Gasteiger partial charge is 0.246 e. The quantitative estimate of drug-likeness (QED) is 0.201. The molecule has 4 aromatic rings. The number of rotatable bonds is 8. The molecule has 0 radical (unpaired) electrons. The van der Waals surface area contributed by atoms with Gasteiger partial charge >= 0.3 is 0 Å². The standard InChI is InChI=1S/C34H41N9O/c1-21(2)30(42-34-36-16-17-37-34)33(44)43-18-4-6-29(43)32-39-20-28(41-32)25-13-9-23(10-14-25)22-7-11-24(12-8-22)27-19-38-31(40-27)26-5-3-15-35-26/h7-14,19-21,26,29-30,35H,3-6,15-18H2,1-2H3,(H,38,40)(H,39,41)(H2,36,37,42)/t26-,29-,30+/m0/s1. The van der Waals surface area contributed by atoms with E-state index in [4.69, 9.17) is 4.98 Å². The van der Waals surface area contributed by atoms with Gasteiger partial charge in [0.15, 0.2) is 5.96 Å². The van der Waals surface area contributed by atoms with Crippen molar-refractivity contribution in [3.8, 4) is 33.6 Å². The largest absolute Gasteiger partial charge is 0.355 e. The lowest BCUT2D eigenvalue weighted by molar-refractivity contribution is -0.135. The van der Waals surface area contributed by atoms with Gasteiger partial charge in [-0.15, -0.1) is 0 Å². The van der Waals surface area contributed by atoms with E-state index in [0.29, 0.717) is 6.04 Å². The van der Waals surface area contributed by atoms with Crippen molar-refractivity contribution in [1.82, 2.24) is 40.8 Å². The monoisotopic (exact) mass is 591 g/mol. The molecule has 2 fully saturated rings. The average Bonchev–Trinajstić information content (AvgIpc) is 3.89. The number of H-pyrrole nitrogens is 2. The molecule has 0 bridgehead atoms. The highest BCUT2D eigenvalue weighted by atomic mass is 16.2. The normalized spacial score (nSPS) is 20.6. The number of amides is 1. The first-order valence-electron chi connectivity index (χ1n) is 15.9. The molecule has 10 nitrogen and oxygen atoms in total. The van der Waals surface area contributed by atoms with Crippen LogP contribution in [-0.2, 0) is 4.79 Å². The van der Waals surface area contributed by atoms with Gasteiger partial charge in [0, 0.05) is 13.1 Å². The first-order valence-corrected chi connectivity index (χ1v) is 15.9. The van der Waals surface area contributed by atoms with E-state index in [-0.39, 0.29) is 23.9 Å². The zero-order valence-electron chi connectivity index (χ0n) is 25.4. The summed E-state index contributed by atoms with van der Waals surface area (Å²) in [6.07, 6.45) is 8.00. The number of aliphatic imine (C=N–C) groups is 1. The predicted octanol–water partition coefficient (Wildman–Crippen LogP) is 4.80. The summed E-state index contributed by atoms with van der Waals surface area (Å²) in [5, 5.41) is 10.1. The van der Waals surface area contributed by atoms with Crippen LogP contribution in [0.25, 0.3) is 33.6 Å². The highest BCUT2D eigenvalue weighted by Crippen LogP contribution is 2.33. The molecular weight excluding hydrogens is 550 g/mol. The molecule has 0 aliphatic carbocycles. The van der Waals surface area contributed by atoms with Crippen molar-refractivity contribution in [2.24, 2.45) is 10.9 Å². The van der Waals surface area contributed by atoms with Crippen LogP contribution in [0.3, 0.4) is 0 Å². The van der Waals surface area contributed by atoms with Crippen LogP contribution in [-0.4, -0.2) is 68.9 Å². The maximum atomic E-state index is 13.7. The Morgan fingerprint density at radius 1 is 0.841 bits per heavy atom. The van der Waals surface area contributed by atoms with Crippen molar-refractivity contribution in [3.05, 3.63) is 72.6 Å². The van der Waals surface area contributed by atoms with Gasteiger partial charge in [-0.25, -0.2) is 9.97 Å². The van der Waals surface area contributed by atoms with Crippen molar-refractivity contribution in [2.45, 2.75) is 57.7 Å². The predicted molar refractivity (Wildman–Crippen MR) is 173 cm³/mol. The van der Waals surface area contributed by atoms with Crippen molar-refractivity contribution in [1.29, 1.82) is 0 Å². The van der Waals surface area contributed by atoms with Gasteiger partial charge in [-0.05, 0) is 60.4 Å². The average molecular weight is 592 g/mol. The molecule has 1 amide bonds. The van der Waals surface area contributed by atoms with Gasteiger partial charge in [0.05, 0.1) is 42.4 Å². The van der Waals surface area contributed by atoms with Gasteiger partial charge in [0.2, 0.25) is 5.91 Å². The molecule has 44 heavy (non-hydrogen) atoms. The first kappa shape index (κ1) is 28.3. The molecule has 0 saturated carbocycles. The second kappa shape index (κ2) is 12.3. The van der Waals surface area contributed by atoms with Crippen molar-refractivity contribution in [2.75, 3.05) is 26.2 Å². The molecule has 2 aromatic heterocycles. The fraction of sp³-hybridized carbons (Fsp3) is 0.412. The Kier molecular flexibility index (Phi) is 7.91. The second-order valence-electron chi connectivity index (χ2n) is 12.4. The summed E-state index contributed by atoms with van der Waals surface area (Å²) in [6, 6.07) is 17.1.